The second kappa shape index (κ2) is 6.00. The zero-order valence-corrected chi connectivity index (χ0v) is 11.2. The molecule has 0 unspecified atom stereocenters. The summed E-state index contributed by atoms with van der Waals surface area (Å²) in [6.45, 7) is 2.21. The van der Waals surface area contributed by atoms with Crippen molar-refractivity contribution in [3.63, 3.8) is 0 Å². The van der Waals surface area contributed by atoms with E-state index in [1.54, 1.807) is 6.20 Å². The van der Waals surface area contributed by atoms with E-state index in [1.165, 1.54) is 12.1 Å². The molecule has 21 heavy (non-hydrogen) atoms. The summed E-state index contributed by atoms with van der Waals surface area (Å²) < 4.78 is 0. The van der Waals surface area contributed by atoms with Crippen molar-refractivity contribution in [3.8, 4) is 0 Å². The average Bonchev–Trinajstić information content (AvgIpc) is 2.46. The predicted molar refractivity (Wildman–Crippen MR) is 76.4 cm³/mol. The van der Waals surface area contributed by atoms with Crippen LogP contribution in [-0.2, 0) is 6.54 Å². The number of benzene rings is 1. The van der Waals surface area contributed by atoms with Crippen molar-refractivity contribution >= 4 is 17.3 Å². The molecule has 7 nitrogen and oxygen atoms in total. The number of carboxylic acids is 1. The standard InChI is InChI=1S/C14H13N3O4/c1-9-3-2-6-15-12(9)8-16-11-5-4-10(14(18)19)7-13(11)17(20)21/h2-7,16H,8H2,1H3,(H,18,19). The van der Waals surface area contributed by atoms with Gasteiger partial charge < -0.3 is 10.4 Å². The number of nitro groups is 1. The van der Waals surface area contributed by atoms with Crippen molar-refractivity contribution in [2.24, 2.45) is 0 Å². The molecule has 0 radical (unpaired) electrons. The molecule has 7 heteroatoms. The summed E-state index contributed by atoms with van der Waals surface area (Å²) in [5.74, 6) is -1.20. The molecule has 1 aromatic carbocycles. The normalized spacial score (nSPS) is 10.1. The molecule has 0 saturated heterocycles. The van der Waals surface area contributed by atoms with Gasteiger partial charge in [0.15, 0.2) is 0 Å². The van der Waals surface area contributed by atoms with Gasteiger partial charge in [0, 0.05) is 12.3 Å². The molecule has 2 aromatic rings. The second-order valence-electron chi connectivity index (χ2n) is 4.41. The number of rotatable bonds is 5. The van der Waals surface area contributed by atoms with E-state index < -0.39 is 10.9 Å². The van der Waals surface area contributed by atoms with Crippen molar-refractivity contribution in [2.75, 3.05) is 5.32 Å². The molecule has 0 amide bonds. The summed E-state index contributed by atoms with van der Waals surface area (Å²) in [7, 11) is 0. The Balaban J connectivity index is 2.26. The van der Waals surface area contributed by atoms with Crippen LogP contribution in [0.1, 0.15) is 21.6 Å². The van der Waals surface area contributed by atoms with Gasteiger partial charge in [0.25, 0.3) is 5.69 Å². The molecule has 0 saturated carbocycles. The number of carbonyl (C=O) groups is 1. The third kappa shape index (κ3) is 3.33. The maximum absolute atomic E-state index is 11.0. The van der Waals surface area contributed by atoms with Gasteiger partial charge in [-0.1, -0.05) is 6.07 Å². The van der Waals surface area contributed by atoms with Crippen LogP contribution < -0.4 is 5.32 Å². The Hall–Kier alpha value is -2.96. The second-order valence-corrected chi connectivity index (χ2v) is 4.41. The molecule has 2 rings (SSSR count). The van der Waals surface area contributed by atoms with Crippen LogP contribution in [0.4, 0.5) is 11.4 Å². The van der Waals surface area contributed by atoms with Gasteiger partial charge in [-0.25, -0.2) is 4.79 Å². The van der Waals surface area contributed by atoms with E-state index in [0.717, 1.165) is 17.3 Å². The van der Waals surface area contributed by atoms with Gasteiger partial charge in [-0.3, -0.25) is 15.1 Å². The van der Waals surface area contributed by atoms with Crippen LogP contribution in [-0.4, -0.2) is 21.0 Å². The van der Waals surface area contributed by atoms with Crippen molar-refractivity contribution < 1.29 is 14.8 Å². The number of anilines is 1. The number of nitrogens with one attached hydrogen (secondary N) is 1. The maximum atomic E-state index is 11.0. The van der Waals surface area contributed by atoms with E-state index >= 15 is 0 Å². The van der Waals surface area contributed by atoms with Gasteiger partial charge in [0.2, 0.25) is 0 Å². The Morgan fingerprint density at radius 3 is 2.81 bits per heavy atom. The summed E-state index contributed by atoms with van der Waals surface area (Å²) in [6, 6.07) is 7.45. The van der Waals surface area contributed by atoms with E-state index in [-0.39, 0.29) is 16.9 Å². The number of hydrogen-bond donors (Lipinski definition) is 2. The van der Waals surface area contributed by atoms with Crippen LogP contribution in [0, 0.1) is 17.0 Å². The van der Waals surface area contributed by atoms with Crippen molar-refractivity contribution in [3.05, 3.63) is 63.5 Å². The summed E-state index contributed by atoms with van der Waals surface area (Å²) >= 11 is 0. The number of aryl methyl sites for hydroxylation is 1. The fraction of sp³-hybridized carbons (Fsp3) is 0.143. The molecule has 0 bridgehead atoms. The highest BCUT2D eigenvalue weighted by Gasteiger charge is 2.17. The number of nitro benzene ring substituents is 1. The number of aromatic carboxylic acids is 1. The van der Waals surface area contributed by atoms with E-state index in [2.05, 4.69) is 10.3 Å². The lowest BCUT2D eigenvalue weighted by atomic mass is 10.1. The zero-order valence-electron chi connectivity index (χ0n) is 11.2. The van der Waals surface area contributed by atoms with E-state index in [9.17, 15) is 14.9 Å². The van der Waals surface area contributed by atoms with Crippen molar-refractivity contribution in [2.45, 2.75) is 13.5 Å². The minimum atomic E-state index is -1.20. The summed E-state index contributed by atoms with van der Waals surface area (Å²) in [5.41, 5.74) is 1.60. The zero-order chi connectivity index (χ0) is 15.4. The lowest BCUT2D eigenvalue weighted by Gasteiger charge is -2.09. The van der Waals surface area contributed by atoms with Crippen LogP contribution in [0.3, 0.4) is 0 Å². The topological polar surface area (TPSA) is 105 Å². The molecular weight excluding hydrogens is 274 g/mol. The average molecular weight is 287 g/mol. The van der Waals surface area contributed by atoms with Gasteiger partial charge in [-0.05, 0) is 30.7 Å². The van der Waals surface area contributed by atoms with E-state index in [4.69, 9.17) is 5.11 Å². The van der Waals surface area contributed by atoms with Gasteiger partial charge in [-0.2, -0.15) is 0 Å². The van der Waals surface area contributed by atoms with Crippen molar-refractivity contribution in [1.29, 1.82) is 0 Å². The Labute approximate surface area is 120 Å². The smallest absolute Gasteiger partial charge is 0.335 e. The van der Waals surface area contributed by atoms with Crippen LogP contribution in [0.15, 0.2) is 36.5 Å². The van der Waals surface area contributed by atoms with Gasteiger partial charge in [0.05, 0.1) is 22.7 Å². The first-order valence-electron chi connectivity index (χ1n) is 6.15. The highest BCUT2D eigenvalue weighted by molar-refractivity contribution is 5.89. The van der Waals surface area contributed by atoms with Crippen LogP contribution in [0.2, 0.25) is 0 Å². The Morgan fingerprint density at radius 2 is 2.19 bits per heavy atom. The van der Waals surface area contributed by atoms with E-state index in [0.29, 0.717) is 6.54 Å². The van der Waals surface area contributed by atoms with Gasteiger partial charge >= 0.3 is 5.97 Å². The highest BCUT2D eigenvalue weighted by Crippen LogP contribution is 2.26. The minimum absolute atomic E-state index is 0.124. The number of hydrogen-bond acceptors (Lipinski definition) is 5. The molecule has 0 aliphatic carbocycles. The van der Waals surface area contributed by atoms with Crippen LogP contribution in [0.25, 0.3) is 0 Å². The lowest BCUT2D eigenvalue weighted by molar-refractivity contribution is -0.384. The first-order chi connectivity index (χ1) is 9.99. The summed E-state index contributed by atoms with van der Waals surface area (Å²) in [6.07, 6.45) is 1.64. The quantitative estimate of drug-likeness (QED) is 0.646. The SMILES string of the molecule is Cc1cccnc1CNc1ccc(C(=O)O)cc1[N+](=O)[O-]. The maximum Gasteiger partial charge on any atom is 0.335 e. The Kier molecular flexibility index (Phi) is 4.13. The lowest BCUT2D eigenvalue weighted by Crippen LogP contribution is -2.07. The third-order valence-corrected chi connectivity index (χ3v) is 3.01. The van der Waals surface area contributed by atoms with Gasteiger partial charge in [0.1, 0.15) is 5.69 Å². The van der Waals surface area contributed by atoms with Crippen LogP contribution >= 0.6 is 0 Å². The van der Waals surface area contributed by atoms with Gasteiger partial charge in [-0.15, -0.1) is 0 Å². The molecule has 1 heterocycles. The molecule has 0 atom stereocenters. The third-order valence-electron chi connectivity index (χ3n) is 3.01. The number of aromatic nitrogens is 1. The molecule has 0 fully saturated rings. The summed E-state index contributed by atoms with van der Waals surface area (Å²) in [4.78, 5) is 25.5. The fourth-order valence-electron chi connectivity index (χ4n) is 1.85. The van der Waals surface area contributed by atoms with E-state index in [1.807, 2.05) is 19.1 Å². The number of nitrogens with zero attached hydrogens (tertiary/aromatic N) is 2. The Morgan fingerprint density at radius 1 is 1.43 bits per heavy atom. The number of pyridine rings is 1. The molecule has 0 spiro atoms. The molecule has 108 valence electrons. The first kappa shape index (κ1) is 14.4. The minimum Gasteiger partial charge on any atom is -0.478 e. The predicted octanol–water partition coefficient (Wildman–Crippen LogP) is 2.61. The fourth-order valence-corrected chi connectivity index (χ4v) is 1.85. The monoisotopic (exact) mass is 287 g/mol. The molecule has 0 aliphatic rings. The molecular formula is C14H13N3O4. The first-order valence-corrected chi connectivity index (χ1v) is 6.15. The van der Waals surface area contributed by atoms with Crippen molar-refractivity contribution in [1.82, 2.24) is 4.98 Å². The number of carboxylic acid groups (broad SMARTS) is 1. The van der Waals surface area contributed by atoms with Crippen LogP contribution in [0.5, 0.6) is 0 Å². The summed E-state index contributed by atoms with van der Waals surface area (Å²) in [5, 5.41) is 22.8. The Bertz CT molecular complexity index is 700. The molecule has 1 aromatic heterocycles. The molecule has 0 aliphatic heterocycles. The highest BCUT2D eigenvalue weighted by atomic mass is 16.6. The molecule has 2 N–H and O–H groups in total. The largest absolute Gasteiger partial charge is 0.478 e.